The van der Waals surface area contributed by atoms with Crippen LogP contribution in [-0.4, -0.2) is 59.0 Å². The summed E-state index contributed by atoms with van der Waals surface area (Å²) < 4.78 is 15.3. The Bertz CT molecular complexity index is 726. The summed E-state index contributed by atoms with van der Waals surface area (Å²) in [5.74, 6) is 0.973. The van der Waals surface area contributed by atoms with Crippen molar-refractivity contribution >= 4 is 5.91 Å². The summed E-state index contributed by atoms with van der Waals surface area (Å²) in [6, 6.07) is 5.80. The number of halogens is 1. The first-order valence-electron chi connectivity index (χ1n) is 9.25. The van der Waals surface area contributed by atoms with E-state index in [1.807, 2.05) is 17.3 Å². The molecule has 1 fully saturated rings. The van der Waals surface area contributed by atoms with Crippen molar-refractivity contribution in [2.75, 3.05) is 33.7 Å². The van der Waals surface area contributed by atoms with E-state index in [2.05, 4.69) is 28.5 Å². The van der Waals surface area contributed by atoms with Gasteiger partial charge in [0.05, 0.1) is 0 Å². The van der Waals surface area contributed by atoms with E-state index in [9.17, 15) is 9.18 Å². The Balaban J connectivity index is 1.66. The van der Waals surface area contributed by atoms with E-state index in [4.69, 9.17) is 0 Å². The molecule has 2 aromatic rings. The van der Waals surface area contributed by atoms with Gasteiger partial charge >= 0.3 is 0 Å². The molecule has 2 heterocycles. The van der Waals surface area contributed by atoms with Crippen LogP contribution in [0, 0.1) is 5.82 Å². The molecule has 0 spiro atoms. The normalized spacial score (nSPS) is 17.7. The number of amides is 1. The zero-order valence-corrected chi connectivity index (χ0v) is 15.6. The lowest BCUT2D eigenvalue weighted by molar-refractivity contribution is 0.0703. The number of carbonyl (C=O) groups excluding carboxylic acids is 1. The third-order valence-corrected chi connectivity index (χ3v) is 4.92. The fraction of sp³-hybridized carbons (Fsp3) is 0.500. The van der Waals surface area contributed by atoms with E-state index < -0.39 is 0 Å². The number of hydrogen-bond acceptors (Lipinski definition) is 3. The minimum atomic E-state index is -0.321. The van der Waals surface area contributed by atoms with Crippen molar-refractivity contribution in [2.45, 2.75) is 31.7 Å². The summed E-state index contributed by atoms with van der Waals surface area (Å²) >= 11 is 0. The highest BCUT2D eigenvalue weighted by Gasteiger charge is 2.28. The number of likely N-dealkylation sites (tertiary alicyclic amines) is 1. The molecule has 1 aromatic heterocycles. The van der Waals surface area contributed by atoms with Crippen LogP contribution < -0.4 is 0 Å². The molecule has 3 rings (SSSR count). The first kappa shape index (κ1) is 18.6. The van der Waals surface area contributed by atoms with Gasteiger partial charge in [0.15, 0.2) is 0 Å². The maximum Gasteiger partial charge on any atom is 0.253 e. The molecule has 1 saturated heterocycles. The lowest BCUT2D eigenvalue weighted by Gasteiger charge is -2.33. The highest BCUT2D eigenvalue weighted by Crippen LogP contribution is 2.27. The van der Waals surface area contributed by atoms with Gasteiger partial charge in [0, 0.05) is 43.5 Å². The van der Waals surface area contributed by atoms with Crippen LogP contribution in [0.5, 0.6) is 0 Å². The first-order valence-corrected chi connectivity index (χ1v) is 9.25. The lowest BCUT2D eigenvalue weighted by Crippen LogP contribution is -2.39. The van der Waals surface area contributed by atoms with Gasteiger partial charge in [0.25, 0.3) is 5.91 Å². The molecular formula is C20H27FN4O. The molecule has 1 aliphatic heterocycles. The number of hydrogen-bond donors (Lipinski definition) is 0. The minimum Gasteiger partial charge on any atom is -0.338 e. The number of benzene rings is 1. The second-order valence-corrected chi connectivity index (χ2v) is 7.23. The van der Waals surface area contributed by atoms with Crippen LogP contribution in [0.25, 0.3) is 0 Å². The molecule has 6 heteroatoms. The van der Waals surface area contributed by atoms with Gasteiger partial charge in [-0.05, 0) is 64.2 Å². The molecule has 0 saturated carbocycles. The third-order valence-electron chi connectivity index (χ3n) is 4.92. The topological polar surface area (TPSA) is 41.4 Å². The van der Waals surface area contributed by atoms with Crippen molar-refractivity contribution in [3.8, 4) is 0 Å². The molecule has 5 nitrogen and oxygen atoms in total. The van der Waals surface area contributed by atoms with E-state index in [0.717, 1.165) is 44.7 Å². The van der Waals surface area contributed by atoms with Crippen molar-refractivity contribution < 1.29 is 9.18 Å². The zero-order valence-electron chi connectivity index (χ0n) is 15.6. The Kier molecular flexibility index (Phi) is 6.04. The smallest absolute Gasteiger partial charge is 0.253 e. The van der Waals surface area contributed by atoms with Crippen molar-refractivity contribution in [3.63, 3.8) is 0 Å². The molecule has 0 unspecified atom stereocenters. The number of carbonyl (C=O) groups is 1. The van der Waals surface area contributed by atoms with Gasteiger partial charge in [-0.2, -0.15) is 0 Å². The van der Waals surface area contributed by atoms with Gasteiger partial charge in [-0.15, -0.1) is 0 Å². The summed E-state index contributed by atoms with van der Waals surface area (Å²) in [6.45, 7) is 3.39. The Hall–Kier alpha value is -2.21. The molecule has 0 bridgehead atoms. The predicted octanol–water partition coefficient (Wildman–Crippen LogP) is 2.99. The Labute approximate surface area is 154 Å². The van der Waals surface area contributed by atoms with Crippen LogP contribution in [0.4, 0.5) is 4.39 Å². The number of aryl methyl sites for hydroxylation is 1. The van der Waals surface area contributed by atoms with Crippen LogP contribution >= 0.6 is 0 Å². The highest BCUT2D eigenvalue weighted by molar-refractivity contribution is 5.94. The number of aromatic nitrogens is 2. The monoisotopic (exact) mass is 358 g/mol. The van der Waals surface area contributed by atoms with Gasteiger partial charge in [-0.1, -0.05) is 0 Å². The SMILES string of the molecule is CN(C)CCCn1ccnc1[C@H]1CCCN(C(=O)c2ccc(F)cc2)C1. The summed E-state index contributed by atoms with van der Waals surface area (Å²) in [7, 11) is 4.16. The lowest BCUT2D eigenvalue weighted by atomic mass is 9.96. The molecule has 0 aliphatic carbocycles. The van der Waals surface area contributed by atoms with Gasteiger partial charge < -0.3 is 14.4 Å². The molecule has 0 N–H and O–H groups in total. The van der Waals surface area contributed by atoms with E-state index in [0.29, 0.717) is 12.1 Å². The standard InChI is InChI=1S/C20H27FN4O/c1-23(2)11-4-13-24-14-10-22-19(24)17-5-3-12-25(15-17)20(26)16-6-8-18(21)9-7-16/h6-10,14,17H,3-5,11-13,15H2,1-2H3/t17-/m0/s1. The summed E-state index contributed by atoms with van der Waals surface area (Å²) in [6.07, 6.45) is 6.96. The molecular weight excluding hydrogens is 331 g/mol. The molecule has 140 valence electrons. The predicted molar refractivity (Wildman–Crippen MR) is 99.7 cm³/mol. The van der Waals surface area contributed by atoms with E-state index >= 15 is 0 Å². The van der Waals surface area contributed by atoms with Gasteiger partial charge in [-0.25, -0.2) is 9.37 Å². The molecule has 26 heavy (non-hydrogen) atoms. The first-order chi connectivity index (χ1) is 12.5. The number of rotatable bonds is 6. The van der Waals surface area contributed by atoms with Crippen LogP contribution in [-0.2, 0) is 6.54 Å². The zero-order chi connectivity index (χ0) is 18.5. The quantitative estimate of drug-likeness (QED) is 0.797. The summed E-state index contributed by atoms with van der Waals surface area (Å²) in [5.41, 5.74) is 0.543. The maximum absolute atomic E-state index is 13.1. The van der Waals surface area contributed by atoms with Gasteiger partial charge in [0.2, 0.25) is 0 Å². The third kappa shape index (κ3) is 4.49. The second-order valence-electron chi connectivity index (χ2n) is 7.23. The number of nitrogens with zero attached hydrogens (tertiary/aromatic N) is 4. The molecule has 0 radical (unpaired) electrons. The second kappa shape index (κ2) is 8.45. The number of imidazole rings is 1. The van der Waals surface area contributed by atoms with Crippen LogP contribution in [0.15, 0.2) is 36.7 Å². The Morgan fingerprint density at radius 3 is 2.81 bits per heavy atom. The van der Waals surface area contributed by atoms with Crippen LogP contribution in [0.1, 0.15) is 41.4 Å². The summed E-state index contributed by atoms with van der Waals surface area (Å²) in [5, 5.41) is 0. The maximum atomic E-state index is 13.1. The van der Waals surface area contributed by atoms with Crippen LogP contribution in [0.2, 0.25) is 0 Å². The molecule has 1 amide bonds. The Morgan fingerprint density at radius 2 is 2.08 bits per heavy atom. The van der Waals surface area contributed by atoms with Crippen molar-refractivity contribution in [1.29, 1.82) is 0 Å². The van der Waals surface area contributed by atoms with Gasteiger partial charge in [-0.3, -0.25) is 4.79 Å². The fourth-order valence-corrected chi connectivity index (χ4v) is 3.57. The summed E-state index contributed by atoms with van der Waals surface area (Å²) in [4.78, 5) is 21.4. The van der Waals surface area contributed by atoms with Crippen LogP contribution in [0.3, 0.4) is 0 Å². The van der Waals surface area contributed by atoms with E-state index in [1.165, 1.54) is 12.1 Å². The molecule has 1 aliphatic rings. The van der Waals surface area contributed by atoms with Crippen molar-refractivity contribution in [2.24, 2.45) is 0 Å². The van der Waals surface area contributed by atoms with Gasteiger partial charge in [0.1, 0.15) is 11.6 Å². The van der Waals surface area contributed by atoms with Crippen molar-refractivity contribution in [1.82, 2.24) is 19.4 Å². The largest absolute Gasteiger partial charge is 0.338 e. The molecule has 1 aromatic carbocycles. The average molecular weight is 358 g/mol. The average Bonchev–Trinajstić information content (AvgIpc) is 3.10. The van der Waals surface area contributed by atoms with Crippen molar-refractivity contribution in [3.05, 3.63) is 53.9 Å². The number of piperidine rings is 1. The van der Waals surface area contributed by atoms with E-state index in [1.54, 1.807) is 12.1 Å². The fourth-order valence-electron chi connectivity index (χ4n) is 3.57. The van der Waals surface area contributed by atoms with E-state index in [-0.39, 0.29) is 17.6 Å². The highest BCUT2D eigenvalue weighted by atomic mass is 19.1. The molecule has 1 atom stereocenters. The minimum absolute atomic E-state index is 0.0274. The Morgan fingerprint density at radius 1 is 1.31 bits per heavy atom.